The van der Waals surface area contributed by atoms with Crippen molar-refractivity contribution >= 4 is 28.8 Å². The second-order valence-corrected chi connectivity index (χ2v) is 8.71. The molecule has 1 saturated heterocycles. The summed E-state index contributed by atoms with van der Waals surface area (Å²) in [6.07, 6.45) is 1.87. The molecule has 0 bridgehead atoms. The van der Waals surface area contributed by atoms with E-state index in [1.54, 1.807) is 28.5 Å². The van der Waals surface area contributed by atoms with E-state index in [0.29, 0.717) is 40.1 Å². The number of piperazine rings is 1. The van der Waals surface area contributed by atoms with Crippen molar-refractivity contribution in [3.63, 3.8) is 0 Å². The van der Waals surface area contributed by atoms with E-state index in [2.05, 4.69) is 16.5 Å². The lowest BCUT2D eigenvalue weighted by atomic mass is 10.2. The first-order valence-corrected chi connectivity index (χ1v) is 11.5. The zero-order valence-corrected chi connectivity index (χ0v) is 19.0. The highest BCUT2D eigenvalue weighted by molar-refractivity contribution is 7.13. The summed E-state index contributed by atoms with van der Waals surface area (Å²) in [4.78, 5) is 21.2. The molecule has 1 aliphatic rings. The summed E-state index contributed by atoms with van der Waals surface area (Å²) in [5, 5.41) is 2.76. The van der Waals surface area contributed by atoms with Gasteiger partial charge in [-0.25, -0.2) is 9.37 Å². The Morgan fingerprint density at radius 3 is 2.72 bits per heavy atom. The molecular formula is C24H23ClFN3O2S. The third kappa shape index (κ3) is 5.18. The average Bonchev–Trinajstić information content (AvgIpc) is 3.29. The van der Waals surface area contributed by atoms with Crippen LogP contribution in [-0.4, -0.2) is 53.4 Å². The molecule has 1 aromatic heterocycles. The van der Waals surface area contributed by atoms with Crippen LogP contribution in [-0.2, 0) is 6.61 Å². The Labute approximate surface area is 195 Å². The number of ether oxygens (including phenoxy) is 1. The molecule has 8 heteroatoms. The SMILES string of the molecule is C=CCN1CCN(C(=O)c2csc(-c3ccc(OCc4ccccc4Cl)cc3F)n2)CC1. The van der Waals surface area contributed by atoms with E-state index in [1.807, 2.05) is 24.3 Å². The summed E-state index contributed by atoms with van der Waals surface area (Å²) in [7, 11) is 0. The van der Waals surface area contributed by atoms with Crippen LogP contribution in [0.15, 0.2) is 60.5 Å². The van der Waals surface area contributed by atoms with E-state index in [0.717, 1.165) is 25.2 Å². The molecule has 0 atom stereocenters. The first-order chi connectivity index (χ1) is 15.5. The van der Waals surface area contributed by atoms with Gasteiger partial charge >= 0.3 is 0 Å². The fraction of sp³-hybridized carbons (Fsp3) is 0.250. The first kappa shape index (κ1) is 22.5. The predicted molar refractivity (Wildman–Crippen MR) is 126 cm³/mol. The summed E-state index contributed by atoms with van der Waals surface area (Å²) >= 11 is 7.39. The van der Waals surface area contributed by atoms with E-state index in [9.17, 15) is 9.18 Å². The van der Waals surface area contributed by atoms with Crippen molar-refractivity contribution in [1.29, 1.82) is 0 Å². The van der Waals surface area contributed by atoms with Crippen LogP contribution < -0.4 is 4.74 Å². The maximum atomic E-state index is 14.8. The van der Waals surface area contributed by atoms with Gasteiger partial charge < -0.3 is 9.64 Å². The Hall–Kier alpha value is -2.74. The van der Waals surface area contributed by atoms with Crippen LogP contribution >= 0.6 is 22.9 Å². The number of benzene rings is 2. The number of amides is 1. The minimum atomic E-state index is -0.451. The molecule has 166 valence electrons. The van der Waals surface area contributed by atoms with Gasteiger partial charge in [0, 0.05) is 60.3 Å². The molecule has 0 radical (unpaired) electrons. The van der Waals surface area contributed by atoms with Crippen molar-refractivity contribution in [2.75, 3.05) is 32.7 Å². The summed E-state index contributed by atoms with van der Waals surface area (Å²) in [5.41, 5.74) is 1.52. The lowest BCUT2D eigenvalue weighted by molar-refractivity contribution is 0.0645. The van der Waals surface area contributed by atoms with Gasteiger partial charge in [-0.15, -0.1) is 17.9 Å². The molecule has 0 saturated carbocycles. The van der Waals surface area contributed by atoms with Crippen molar-refractivity contribution in [3.8, 4) is 16.3 Å². The molecule has 2 aromatic carbocycles. The molecule has 5 nitrogen and oxygen atoms in total. The van der Waals surface area contributed by atoms with Crippen molar-refractivity contribution < 1.29 is 13.9 Å². The van der Waals surface area contributed by atoms with Crippen LogP contribution in [0.3, 0.4) is 0 Å². The smallest absolute Gasteiger partial charge is 0.273 e. The molecule has 1 fully saturated rings. The quantitative estimate of drug-likeness (QED) is 0.448. The van der Waals surface area contributed by atoms with Gasteiger partial charge in [0.2, 0.25) is 0 Å². The van der Waals surface area contributed by atoms with Crippen molar-refractivity contribution in [3.05, 3.63) is 82.6 Å². The van der Waals surface area contributed by atoms with Crippen LogP contribution in [0.1, 0.15) is 16.1 Å². The summed E-state index contributed by atoms with van der Waals surface area (Å²) in [6.45, 7) is 7.72. The molecule has 1 amide bonds. The standard InChI is InChI=1S/C24H23ClFN3O2S/c1-2-9-28-10-12-29(13-11-28)24(30)22-16-32-23(27-22)19-8-7-18(14-21(19)26)31-15-17-5-3-4-6-20(17)25/h2-8,14,16H,1,9-13,15H2. The molecule has 1 aliphatic heterocycles. The van der Waals surface area contributed by atoms with Gasteiger partial charge in [0.25, 0.3) is 5.91 Å². The fourth-order valence-corrected chi connectivity index (χ4v) is 4.52. The normalized spacial score (nSPS) is 14.4. The minimum absolute atomic E-state index is 0.120. The highest BCUT2D eigenvalue weighted by atomic mass is 35.5. The third-order valence-corrected chi connectivity index (χ3v) is 6.54. The van der Waals surface area contributed by atoms with Crippen molar-refractivity contribution in [1.82, 2.24) is 14.8 Å². The Bertz CT molecular complexity index is 1110. The number of aromatic nitrogens is 1. The molecule has 3 aromatic rings. The van der Waals surface area contributed by atoms with Crippen LogP contribution in [0.2, 0.25) is 5.02 Å². The fourth-order valence-electron chi connectivity index (χ4n) is 3.51. The van der Waals surface area contributed by atoms with Gasteiger partial charge in [0.05, 0.1) is 0 Å². The second kappa shape index (κ2) is 10.3. The van der Waals surface area contributed by atoms with Gasteiger partial charge in [-0.1, -0.05) is 35.9 Å². The average molecular weight is 472 g/mol. The van der Waals surface area contributed by atoms with Crippen LogP contribution in [0.5, 0.6) is 5.75 Å². The van der Waals surface area contributed by atoms with Crippen molar-refractivity contribution in [2.24, 2.45) is 0 Å². The molecule has 0 N–H and O–H groups in total. The number of carbonyl (C=O) groups is 1. The Morgan fingerprint density at radius 2 is 2.00 bits per heavy atom. The van der Waals surface area contributed by atoms with E-state index in [4.69, 9.17) is 16.3 Å². The number of rotatable bonds is 7. The van der Waals surface area contributed by atoms with Gasteiger partial charge in [0.1, 0.15) is 28.9 Å². The molecule has 0 aliphatic carbocycles. The monoisotopic (exact) mass is 471 g/mol. The molecule has 4 rings (SSSR count). The topological polar surface area (TPSA) is 45.7 Å². The number of thiazole rings is 1. The van der Waals surface area contributed by atoms with Crippen LogP contribution in [0, 0.1) is 5.82 Å². The number of halogens is 2. The van der Waals surface area contributed by atoms with Gasteiger partial charge in [-0.2, -0.15) is 0 Å². The lowest BCUT2D eigenvalue weighted by Gasteiger charge is -2.33. The Balaban J connectivity index is 1.41. The largest absolute Gasteiger partial charge is 0.489 e. The lowest BCUT2D eigenvalue weighted by Crippen LogP contribution is -2.48. The summed E-state index contributed by atoms with van der Waals surface area (Å²) < 4.78 is 20.5. The maximum absolute atomic E-state index is 14.8. The second-order valence-electron chi connectivity index (χ2n) is 7.44. The van der Waals surface area contributed by atoms with E-state index in [-0.39, 0.29) is 12.5 Å². The first-order valence-electron chi connectivity index (χ1n) is 10.3. The third-order valence-electron chi connectivity index (χ3n) is 5.29. The van der Waals surface area contributed by atoms with E-state index < -0.39 is 5.82 Å². The molecule has 2 heterocycles. The summed E-state index contributed by atoms with van der Waals surface area (Å²) in [5.74, 6) is -0.171. The van der Waals surface area contributed by atoms with E-state index >= 15 is 0 Å². The van der Waals surface area contributed by atoms with Crippen LogP contribution in [0.25, 0.3) is 10.6 Å². The van der Waals surface area contributed by atoms with Gasteiger partial charge in [-0.05, 0) is 18.2 Å². The zero-order valence-electron chi connectivity index (χ0n) is 17.5. The number of hydrogen-bond acceptors (Lipinski definition) is 5. The molecule has 32 heavy (non-hydrogen) atoms. The number of nitrogens with zero attached hydrogens (tertiary/aromatic N) is 3. The van der Waals surface area contributed by atoms with Gasteiger partial charge in [-0.3, -0.25) is 9.69 Å². The summed E-state index contributed by atoms with van der Waals surface area (Å²) in [6, 6.07) is 12.0. The Morgan fingerprint density at radius 1 is 1.22 bits per heavy atom. The molecule has 0 spiro atoms. The predicted octanol–water partition coefficient (Wildman–Crippen LogP) is 5.13. The van der Waals surface area contributed by atoms with Gasteiger partial charge in [0.15, 0.2) is 0 Å². The maximum Gasteiger partial charge on any atom is 0.273 e. The molecule has 0 unspecified atom stereocenters. The van der Waals surface area contributed by atoms with Crippen molar-refractivity contribution in [2.45, 2.75) is 6.61 Å². The number of hydrogen-bond donors (Lipinski definition) is 0. The highest BCUT2D eigenvalue weighted by Crippen LogP contribution is 2.30. The minimum Gasteiger partial charge on any atom is -0.489 e. The Kier molecular flexibility index (Phi) is 7.19. The van der Waals surface area contributed by atoms with E-state index in [1.165, 1.54) is 17.4 Å². The number of carbonyl (C=O) groups excluding carboxylic acids is 1. The van der Waals surface area contributed by atoms with Crippen LogP contribution in [0.4, 0.5) is 4.39 Å². The highest BCUT2D eigenvalue weighted by Gasteiger charge is 2.24. The zero-order chi connectivity index (χ0) is 22.5. The molecular weight excluding hydrogens is 449 g/mol.